The lowest BCUT2D eigenvalue weighted by atomic mass is 10.0. The van der Waals surface area contributed by atoms with Crippen LogP contribution >= 0.6 is 20.5 Å². The molecule has 1 aliphatic rings. The van der Waals surface area contributed by atoms with Gasteiger partial charge in [0, 0.05) is 43.7 Å². The van der Waals surface area contributed by atoms with Gasteiger partial charge in [0.15, 0.2) is 0 Å². The summed E-state index contributed by atoms with van der Waals surface area (Å²) in [5.41, 5.74) is 12.7. The number of primary amides is 1. The number of benzene rings is 1. The maximum Gasteiger partial charge on any atom is 0.469 e. The normalized spacial score (nSPS) is 16.4. The monoisotopic (exact) mass is 1030 g/mol. The van der Waals surface area contributed by atoms with E-state index in [0.29, 0.717) is 31.6 Å². The third-order valence-corrected chi connectivity index (χ3v) is 12.1. The third-order valence-electron chi connectivity index (χ3n) is 11.1. The Kier molecular flexibility index (Phi) is 26.0. The van der Waals surface area contributed by atoms with E-state index in [1.807, 2.05) is 48.7 Å². The topological polar surface area (TPSA) is 358 Å². The number of aryl methyl sites for hydroxylation is 2. The first-order chi connectivity index (χ1) is 33.2. The molecule has 0 bridgehead atoms. The smallest absolute Gasteiger partial charge is 0.394 e. The zero-order valence-corrected chi connectivity index (χ0v) is 41.7. The Morgan fingerprint density at radius 2 is 1.54 bits per heavy atom. The van der Waals surface area contributed by atoms with Crippen LogP contribution in [-0.4, -0.2) is 165 Å². The summed E-state index contributed by atoms with van der Waals surface area (Å²) in [5.74, 6) is -5.27. The number of thiol groups is 1. The zero-order valence-electron chi connectivity index (χ0n) is 39.9. The van der Waals surface area contributed by atoms with Gasteiger partial charge < -0.3 is 71.9 Å². The minimum absolute atomic E-state index is 0.0198. The van der Waals surface area contributed by atoms with Crippen LogP contribution in [0.15, 0.2) is 42.9 Å². The minimum atomic E-state index is -5.14. The number of rotatable bonds is 33. The largest absolute Gasteiger partial charge is 0.469 e. The molecule has 7 atom stereocenters. The highest BCUT2D eigenvalue weighted by molar-refractivity contribution is 7.80. The summed E-state index contributed by atoms with van der Waals surface area (Å²) >= 11 is 3.99. The summed E-state index contributed by atoms with van der Waals surface area (Å²) in [7, 11) is -5.14. The number of hydrogen-bond acceptors (Lipinski definition) is 15. The summed E-state index contributed by atoms with van der Waals surface area (Å²) in [4.78, 5) is 117. The first kappa shape index (κ1) is 59.3. The number of aliphatic hydroxyl groups is 1. The fourth-order valence-corrected chi connectivity index (χ4v) is 8.20. The van der Waals surface area contributed by atoms with E-state index in [-0.39, 0.29) is 75.7 Å². The number of nitrogens with zero attached hydrogens (tertiary/aromatic N) is 3. The maximum atomic E-state index is 14.3. The number of ether oxygens (including phenoxy) is 2. The molecule has 2 heterocycles. The zero-order chi connectivity index (χ0) is 51.8. The number of nitrogens with one attached hydrogen (secondary N) is 5. The fourth-order valence-electron chi connectivity index (χ4n) is 7.48. The van der Waals surface area contributed by atoms with E-state index in [0.717, 1.165) is 26.2 Å². The standard InChI is InChI=1S/C44H71N10O14PS/c1-28(2)22-33(50-44(62)36-13-9-17-54(36)37(56)14-18-66-20-21-67-19-15-48-40(58)32(45)26-70)41(59)49-34(23-31-24-47-27-53(31)16-8-7-12-30-10-5-4-6-11-30)42(60)51-35(25-55)43(61)52-38(39(46)57)29(3)68-69(63,64)65/h4-6,10-11,24,27-29,32-36,38,55,70H,7-9,12-23,25-26,45H2,1-3H3,(H2,46,57)(H,48,58)(H,49,59)(H,50,62)(H,51,60)(H,52,61)(H2,63,64,65)/t29-,32+,33+,34+,35+,36+,38+/m1/s1. The van der Waals surface area contributed by atoms with Gasteiger partial charge in [0.25, 0.3) is 0 Å². The molecular weight excluding hydrogens is 956 g/mol. The Bertz CT molecular complexity index is 2050. The number of phosphoric ester groups is 1. The minimum Gasteiger partial charge on any atom is -0.394 e. The van der Waals surface area contributed by atoms with Crippen LogP contribution in [-0.2, 0) is 71.5 Å². The van der Waals surface area contributed by atoms with Gasteiger partial charge in [0.1, 0.15) is 30.2 Å². The molecule has 26 heteroatoms. The van der Waals surface area contributed by atoms with Crippen LogP contribution in [0.5, 0.6) is 0 Å². The van der Waals surface area contributed by atoms with Gasteiger partial charge in [-0.3, -0.25) is 38.1 Å². The summed E-state index contributed by atoms with van der Waals surface area (Å²) in [5, 5.41) is 22.9. The van der Waals surface area contributed by atoms with Crippen molar-refractivity contribution in [2.75, 3.05) is 51.9 Å². The lowest BCUT2D eigenvalue weighted by Crippen LogP contribution is -2.61. The van der Waals surface area contributed by atoms with Gasteiger partial charge in [-0.25, -0.2) is 9.55 Å². The second-order valence-corrected chi connectivity index (χ2v) is 18.8. The highest BCUT2D eigenvalue weighted by Crippen LogP contribution is 2.38. The summed E-state index contributed by atoms with van der Waals surface area (Å²) in [6.45, 7) is 5.47. The number of aliphatic hydroxyl groups excluding tert-OH is 1. The molecule has 0 radical (unpaired) electrons. The van der Waals surface area contributed by atoms with E-state index in [2.05, 4.69) is 48.7 Å². The van der Waals surface area contributed by atoms with Crippen LogP contribution in [0, 0.1) is 5.92 Å². The first-order valence-corrected chi connectivity index (χ1v) is 25.4. The second kappa shape index (κ2) is 30.7. The average Bonchev–Trinajstić information content (AvgIpc) is 3.99. The van der Waals surface area contributed by atoms with Gasteiger partial charge in [-0.15, -0.1) is 0 Å². The van der Waals surface area contributed by atoms with Gasteiger partial charge in [0.05, 0.1) is 57.9 Å². The number of carbonyl (C=O) groups is 7. The molecule has 1 saturated heterocycles. The van der Waals surface area contributed by atoms with Gasteiger partial charge in [-0.2, -0.15) is 12.6 Å². The van der Waals surface area contributed by atoms with Crippen LogP contribution in [0.1, 0.15) is 70.6 Å². The van der Waals surface area contributed by atoms with E-state index in [4.69, 9.17) is 20.9 Å². The van der Waals surface area contributed by atoms with Crippen LogP contribution in [0.25, 0.3) is 0 Å². The number of unbranched alkanes of at least 4 members (excludes halogenated alkanes) is 1. The molecule has 392 valence electrons. The molecule has 1 aromatic heterocycles. The molecule has 1 fully saturated rings. The van der Waals surface area contributed by atoms with E-state index in [9.17, 15) is 53.0 Å². The lowest BCUT2D eigenvalue weighted by molar-refractivity contribution is -0.140. The molecule has 0 unspecified atom stereocenters. The van der Waals surface area contributed by atoms with Gasteiger partial charge in [-0.1, -0.05) is 44.2 Å². The molecule has 70 heavy (non-hydrogen) atoms. The number of hydrogen-bond donors (Lipinski definition) is 11. The predicted molar refractivity (Wildman–Crippen MR) is 257 cm³/mol. The van der Waals surface area contributed by atoms with E-state index in [1.165, 1.54) is 16.7 Å². The Labute approximate surface area is 413 Å². The Hall–Kier alpha value is -4.98. The number of imidazole rings is 1. The lowest BCUT2D eigenvalue weighted by Gasteiger charge is -2.29. The molecule has 0 saturated carbocycles. The SMILES string of the molecule is CC(C)C[C@H](NC(=O)[C@@H]1CCCN1C(=O)CCOCCOCCNC(=O)[C@@H](N)CS)C(=O)N[C@@H](Cc1cncn1CCCCc1ccccc1)C(=O)N[C@@H](CO)C(=O)N[C@H](C(N)=O)[C@@H](C)OP(=O)(O)O. The van der Waals surface area contributed by atoms with E-state index in [1.54, 1.807) is 6.33 Å². The van der Waals surface area contributed by atoms with Gasteiger partial charge in [0.2, 0.25) is 41.4 Å². The van der Waals surface area contributed by atoms with Crippen molar-refractivity contribution >= 4 is 61.8 Å². The molecule has 0 spiro atoms. The molecule has 0 aliphatic carbocycles. The van der Waals surface area contributed by atoms with Crippen LogP contribution < -0.4 is 38.1 Å². The van der Waals surface area contributed by atoms with Crippen molar-refractivity contribution in [1.29, 1.82) is 0 Å². The van der Waals surface area contributed by atoms with Gasteiger partial charge in [-0.05, 0) is 56.9 Å². The van der Waals surface area contributed by atoms with Crippen molar-refractivity contribution in [3.63, 3.8) is 0 Å². The number of likely N-dealkylation sites (tertiary alicyclic amines) is 1. The number of nitrogens with two attached hydrogens (primary N) is 2. The number of amides is 7. The molecule has 3 rings (SSSR count). The second-order valence-electron chi connectivity index (χ2n) is 17.2. The quantitative estimate of drug-likeness (QED) is 0.0213. The summed E-state index contributed by atoms with van der Waals surface area (Å²) < 4.78 is 28.8. The van der Waals surface area contributed by atoms with E-state index < -0.39 is 86.3 Å². The van der Waals surface area contributed by atoms with Crippen LogP contribution in [0.3, 0.4) is 0 Å². The van der Waals surface area contributed by atoms with Crippen molar-refractivity contribution in [3.05, 3.63) is 54.1 Å². The fraction of sp³-hybridized carbons (Fsp3) is 0.636. The Morgan fingerprint density at radius 3 is 2.19 bits per heavy atom. The third kappa shape index (κ3) is 21.2. The van der Waals surface area contributed by atoms with Crippen molar-refractivity contribution in [1.82, 2.24) is 41.0 Å². The van der Waals surface area contributed by atoms with Crippen molar-refractivity contribution < 1.29 is 67.0 Å². The molecule has 12 N–H and O–H groups in total. The highest BCUT2D eigenvalue weighted by atomic mass is 32.1. The van der Waals surface area contributed by atoms with Gasteiger partial charge >= 0.3 is 7.82 Å². The summed E-state index contributed by atoms with van der Waals surface area (Å²) in [6.07, 6.45) is 4.68. The van der Waals surface area contributed by atoms with Crippen molar-refractivity contribution in [2.45, 2.75) is 121 Å². The number of aromatic nitrogens is 2. The molecule has 24 nitrogen and oxygen atoms in total. The molecule has 1 aliphatic heterocycles. The summed E-state index contributed by atoms with van der Waals surface area (Å²) in [6, 6.07) is 2.14. The molecular formula is C44H71N10O14PS. The maximum absolute atomic E-state index is 14.3. The number of carbonyl (C=O) groups excluding carboxylic acids is 7. The first-order valence-electron chi connectivity index (χ1n) is 23.2. The number of phosphoric acid groups is 1. The van der Waals surface area contributed by atoms with Crippen LogP contribution in [0.2, 0.25) is 0 Å². The van der Waals surface area contributed by atoms with Crippen LogP contribution in [0.4, 0.5) is 0 Å². The average molecular weight is 1030 g/mol. The van der Waals surface area contributed by atoms with Crippen molar-refractivity contribution in [2.24, 2.45) is 17.4 Å². The molecule has 2 aromatic rings. The van der Waals surface area contributed by atoms with E-state index >= 15 is 0 Å². The predicted octanol–water partition coefficient (Wildman–Crippen LogP) is -1.80. The molecule has 7 amide bonds. The highest BCUT2D eigenvalue weighted by Gasteiger charge is 2.38. The Morgan fingerprint density at radius 1 is 0.886 bits per heavy atom. The van der Waals surface area contributed by atoms with Crippen molar-refractivity contribution in [3.8, 4) is 0 Å². The Balaban J connectivity index is 1.72. The molecule has 1 aromatic carbocycles.